The molecule has 1 aliphatic heterocycles. The van der Waals surface area contributed by atoms with Crippen molar-refractivity contribution < 1.29 is 4.42 Å². The highest BCUT2D eigenvalue weighted by Crippen LogP contribution is 2.42. The summed E-state index contributed by atoms with van der Waals surface area (Å²) in [4.78, 5) is 0. The highest BCUT2D eigenvalue weighted by atomic mass is 16.3. The zero-order valence-electron chi connectivity index (χ0n) is 12.8. The van der Waals surface area contributed by atoms with Crippen molar-refractivity contribution in [2.24, 2.45) is 0 Å². The summed E-state index contributed by atoms with van der Waals surface area (Å²) in [6.45, 7) is 0.996. The van der Waals surface area contributed by atoms with Crippen LogP contribution in [0.15, 0.2) is 77.4 Å². The Hall–Kier alpha value is -2.74. The zero-order chi connectivity index (χ0) is 15.2. The van der Waals surface area contributed by atoms with E-state index >= 15 is 0 Å². The van der Waals surface area contributed by atoms with E-state index in [4.69, 9.17) is 4.42 Å². The van der Waals surface area contributed by atoms with Gasteiger partial charge in [-0.15, -0.1) is 0 Å². The Morgan fingerprint density at radius 2 is 1.70 bits per heavy atom. The summed E-state index contributed by atoms with van der Waals surface area (Å²) in [5.41, 5.74) is 5.45. The van der Waals surface area contributed by atoms with Crippen LogP contribution in [-0.4, -0.2) is 4.57 Å². The van der Waals surface area contributed by atoms with E-state index in [9.17, 15) is 0 Å². The van der Waals surface area contributed by atoms with Crippen molar-refractivity contribution in [2.75, 3.05) is 0 Å². The molecule has 2 aromatic carbocycles. The van der Waals surface area contributed by atoms with Gasteiger partial charge in [0.1, 0.15) is 5.76 Å². The third-order valence-electron chi connectivity index (χ3n) is 4.93. The molecule has 23 heavy (non-hydrogen) atoms. The fraction of sp³-hybridized carbons (Fsp3) is 0.143. The van der Waals surface area contributed by atoms with E-state index in [1.54, 1.807) is 6.26 Å². The Morgan fingerprint density at radius 3 is 2.52 bits per heavy atom. The molecule has 3 heterocycles. The second kappa shape index (κ2) is 4.88. The van der Waals surface area contributed by atoms with Gasteiger partial charge in [0.25, 0.3) is 0 Å². The Labute approximate surface area is 135 Å². The van der Waals surface area contributed by atoms with E-state index in [1.807, 2.05) is 6.07 Å². The van der Waals surface area contributed by atoms with Gasteiger partial charge in [-0.1, -0.05) is 48.5 Å². The Morgan fingerprint density at radius 1 is 0.870 bits per heavy atom. The monoisotopic (exact) mass is 299 g/mol. The molecule has 2 nitrogen and oxygen atoms in total. The predicted octanol–water partition coefficient (Wildman–Crippen LogP) is 5.24. The van der Waals surface area contributed by atoms with Crippen molar-refractivity contribution in [3.63, 3.8) is 0 Å². The van der Waals surface area contributed by atoms with Crippen LogP contribution in [0.1, 0.15) is 17.4 Å². The minimum Gasteiger partial charge on any atom is -0.469 e. The van der Waals surface area contributed by atoms with Gasteiger partial charge < -0.3 is 8.98 Å². The molecule has 1 atom stereocenters. The van der Waals surface area contributed by atoms with Crippen molar-refractivity contribution in [3.05, 3.63) is 84.4 Å². The first-order valence-corrected chi connectivity index (χ1v) is 8.11. The molecule has 0 spiro atoms. The van der Waals surface area contributed by atoms with Gasteiger partial charge in [0.15, 0.2) is 0 Å². The highest BCUT2D eigenvalue weighted by molar-refractivity contribution is 5.98. The fourth-order valence-corrected chi connectivity index (χ4v) is 3.94. The van der Waals surface area contributed by atoms with Crippen LogP contribution in [0, 0.1) is 0 Å². The minimum atomic E-state index is 0.437. The maximum absolute atomic E-state index is 5.66. The molecule has 2 heteroatoms. The maximum atomic E-state index is 5.66. The van der Waals surface area contributed by atoms with E-state index in [0.717, 1.165) is 18.7 Å². The first-order chi connectivity index (χ1) is 11.4. The Balaban J connectivity index is 1.73. The van der Waals surface area contributed by atoms with E-state index in [2.05, 4.69) is 65.2 Å². The predicted molar refractivity (Wildman–Crippen MR) is 92.5 cm³/mol. The number of hydrogen-bond acceptors (Lipinski definition) is 1. The van der Waals surface area contributed by atoms with Crippen LogP contribution in [0.25, 0.3) is 22.0 Å². The van der Waals surface area contributed by atoms with Crippen LogP contribution in [-0.2, 0) is 13.0 Å². The van der Waals surface area contributed by atoms with Gasteiger partial charge in [0.2, 0.25) is 0 Å². The Kier molecular flexibility index (Phi) is 2.71. The molecule has 0 saturated carbocycles. The van der Waals surface area contributed by atoms with E-state index < -0.39 is 0 Å². The third-order valence-corrected chi connectivity index (χ3v) is 4.93. The van der Waals surface area contributed by atoms with E-state index in [-0.39, 0.29) is 0 Å². The summed E-state index contributed by atoms with van der Waals surface area (Å²) in [6, 6.07) is 23.6. The summed E-state index contributed by atoms with van der Waals surface area (Å²) < 4.78 is 8.14. The lowest BCUT2D eigenvalue weighted by Gasteiger charge is -2.07. The topological polar surface area (TPSA) is 18.1 Å². The van der Waals surface area contributed by atoms with Crippen molar-refractivity contribution >= 4 is 10.9 Å². The lowest BCUT2D eigenvalue weighted by Crippen LogP contribution is -1.99. The molecular weight excluding hydrogens is 282 g/mol. The summed E-state index contributed by atoms with van der Waals surface area (Å²) in [5, 5.41) is 1.35. The normalized spacial score (nSPS) is 16.8. The molecule has 0 fully saturated rings. The number of nitrogens with zero attached hydrogens (tertiary/aromatic N) is 1. The smallest absolute Gasteiger partial charge is 0.109 e. The molecule has 1 unspecified atom stereocenters. The van der Waals surface area contributed by atoms with E-state index in [1.165, 1.54) is 27.7 Å². The number of hydrogen-bond donors (Lipinski definition) is 0. The number of para-hydroxylation sites is 1. The van der Waals surface area contributed by atoms with Crippen molar-refractivity contribution in [1.82, 2.24) is 4.57 Å². The number of rotatable bonds is 2. The van der Waals surface area contributed by atoms with Crippen LogP contribution in [0.4, 0.5) is 0 Å². The van der Waals surface area contributed by atoms with Crippen molar-refractivity contribution in [1.29, 1.82) is 0 Å². The van der Waals surface area contributed by atoms with Gasteiger partial charge in [-0.3, -0.25) is 0 Å². The van der Waals surface area contributed by atoms with Gasteiger partial charge in [-0.05, 0) is 30.2 Å². The van der Waals surface area contributed by atoms with Crippen molar-refractivity contribution in [2.45, 2.75) is 18.9 Å². The van der Waals surface area contributed by atoms with E-state index in [0.29, 0.717) is 5.92 Å². The summed E-state index contributed by atoms with van der Waals surface area (Å²) >= 11 is 0. The first-order valence-electron chi connectivity index (χ1n) is 8.11. The molecule has 5 rings (SSSR count). The van der Waals surface area contributed by atoms with Crippen LogP contribution in [0.2, 0.25) is 0 Å². The van der Waals surface area contributed by atoms with Gasteiger partial charge >= 0.3 is 0 Å². The number of aromatic nitrogens is 1. The lowest BCUT2D eigenvalue weighted by molar-refractivity contribution is 0.456. The number of benzene rings is 2. The minimum absolute atomic E-state index is 0.437. The molecule has 0 aliphatic carbocycles. The maximum Gasteiger partial charge on any atom is 0.109 e. The number of fused-ring (bicyclic) bond motifs is 3. The zero-order valence-corrected chi connectivity index (χ0v) is 12.8. The molecule has 0 saturated heterocycles. The van der Waals surface area contributed by atoms with Gasteiger partial charge in [0.05, 0.1) is 6.26 Å². The Bertz CT molecular complexity index is 964. The molecular formula is C21H17NO. The highest BCUT2D eigenvalue weighted by Gasteiger charge is 2.30. The molecule has 4 aromatic rings. The van der Waals surface area contributed by atoms with Crippen molar-refractivity contribution in [3.8, 4) is 11.1 Å². The third kappa shape index (κ3) is 1.88. The number of furan rings is 1. The van der Waals surface area contributed by atoms with Crippen LogP contribution >= 0.6 is 0 Å². The average Bonchev–Trinajstić information content (AvgIpc) is 3.31. The quantitative estimate of drug-likeness (QED) is 0.495. The van der Waals surface area contributed by atoms with Gasteiger partial charge in [0, 0.05) is 34.6 Å². The molecule has 0 radical (unpaired) electrons. The summed E-state index contributed by atoms with van der Waals surface area (Å²) in [7, 11) is 0. The second-order valence-corrected chi connectivity index (χ2v) is 6.23. The second-order valence-electron chi connectivity index (χ2n) is 6.23. The average molecular weight is 299 g/mol. The lowest BCUT2D eigenvalue weighted by atomic mass is 9.96. The molecule has 2 aromatic heterocycles. The van der Waals surface area contributed by atoms with Crippen LogP contribution in [0.3, 0.4) is 0 Å². The van der Waals surface area contributed by atoms with Crippen LogP contribution < -0.4 is 0 Å². The van der Waals surface area contributed by atoms with Crippen LogP contribution in [0.5, 0.6) is 0 Å². The SMILES string of the molecule is c1ccc(-c2c3n(c4ccccc24)CC(c2ccco2)C3)cc1. The molecule has 1 aliphatic rings. The molecule has 112 valence electrons. The molecule has 0 N–H and O–H groups in total. The summed E-state index contributed by atoms with van der Waals surface area (Å²) in [5.74, 6) is 1.53. The molecule has 0 amide bonds. The largest absolute Gasteiger partial charge is 0.469 e. The molecule has 0 bridgehead atoms. The fourth-order valence-electron chi connectivity index (χ4n) is 3.94. The first kappa shape index (κ1) is 12.8. The standard InChI is InChI=1S/C21H17NO/c1-2-7-15(8-3-1)21-17-9-4-5-10-18(17)22-14-16(13-19(21)22)20-11-6-12-23-20/h1-12,16H,13-14H2. The van der Waals surface area contributed by atoms with Gasteiger partial charge in [-0.25, -0.2) is 0 Å². The van der Waals surface area contributed by atoms with Gasteiger partial charge in [-0.2, -0.15) is 0 Å². The summed E-state index contributed by atoms with van der Waals surface area (Å²) in [6.07, 6.45) is 2.81.